The second-order valence-corrected chi connectivity index (χ2v) is 3.56. The number of rotatable bonds is 6. The smallest absolute Gasteiger partial charge is 0.306 e. The van der Waals surface area contributed by atoms with Crippen molar-refractivity contribution in [3.63, 3.8) is 0 Å². The lowest BCUT2D eigenvalue weighted by Gasteiger charge is -2.16. The van der Waals surface area contributed by atoms with Gasteiger partial charge >= 0.3 is 11.9 Å². The zero-order valence-corrected chi connectivity index (χ0v) is 8.95. The molecule has 0 rings (SSSR count). The summed E-state index contributed by atoms with van der Waals surface area (Å²) in [6.45, 7) is 5.82. The van der Waals surface area contributed by atoms with Gasteiger partial charge in [0.25, 0.3) is 0 Å². The van der Waals surface area contributed by atoms with Gasteiger partial charge in [-0.2, -0.15) is 0 Å². The summed E-state index contributed by atoms with van der Waals surface area (Å²) in [5, 5.41) is 8.55. The lowest BCUT2D eigenvalue weighted by Crippen LogP contribution is -2.17. The number of hydrogen-bond acceptors (Lipinski definition) is 3. The summed E-state index contributed by atoms with van der Waals surface area (Å²) in [6, 6.07) is 0. The number of hydrogen-bond donors (Lipinski definition) is 1. The van der Waals surface area contributed by atoms with Crippen molar-refractivity contribution in [2.24, 2.45) is 11.8 Å². The summed E-state index contributed by atoms with van der Waals surface area (Å²) in [5.41, 5.74) is 0. The number of carbonyl (C=O) groups excluding carboxylic acids is 1. The highest BCUT2D eigenvalue weighted by Crippen LogP contribution is 2.18. The Morgan fingerprint density at radius 2 is 1.71 bits per heavy atom. The first-order valence-corrected chi connectivity index (χ1v) is 4.84. The second kappa shape index (κ2) is 6.40. The molecule has 0 aliphatic heterocycles. The van der Waals surface area contributed by atoms with Crippen LogP contribution in [-0.4, -0.2) is 23.7 Å². The van der Waals surface area contributed by atoms with Gasteiger partial charge in [0.1, 0.15) is 0 Å². The molecule has 4 nitrogen and oxygen atoms in total. The second-order valence-electron chi connectivity index (χ2n) is 3.56. The average Bonchev–Trinajstić information content (AvgIpc) is 2.02. The molecule has 0 saturated carbocycles. The molecule has 0 aromatic rings. The lowest BCUT2D eigenvalue weighted by atomic mass is 9.90. The molecule has 0 radical (unpaired) electrons. The van der Waals surface area contributed by atoms with Crippen LogP contribution in [0.2, 0.25) is 0 Å². The fourth-order valence-electron chi connectivity index (χ4n) is 1.16. The van der Waals surface area contributed by atoms with Gasteiger partial charge in [0.15, 0.2) is 0 Å². The van der Waals surface area contributed by atoms with E-state index in [0.717, 1.165) is 0 Å². The molecule has 0 spiro atoms. The highest BCUT2D eigenvalue weighted by Gasteiger charge is 2.18. The molecular weight excluding hydrogens is 184 g/mol. The van der Waals surface area contributed by atoms with Gasteiger partial charge in [-0.3, -0.25) is 9.59 Å². The van der Waals surface area contributed by atoms with Crippen molar-refractivity contribution in [3.05, 3.63) is 0 Å². The third kappa shape index (κ3) is 5.56. The molecule has 0 amide bonds. The van der Waals surface area contributed by atoms with Crippen LogP contribution >= 0.6 is 0 Å². The molecule has 0 fully saturated rings. The minimum absolute atomic E-state index is 0.00286. The third-order valence-electron chi connectivity index (χ3n) is 2.26. The summed E-state index contributed by atoms with van der Waals surface area (Å²) in [5.74, 6) is -1.03. The zero-order valence-electron chi connectivity index (χ0n) is 8.95. The molecule has 82 valence electrons. The van der Waals surface area contributed by atoms with Crippen molar-refractivity contribution >= 4 is 11.9 Å². The topological polar surface area (TPSA) is 63.6 Å². The van der Waals surface area contributed by atoms with Gasteiger partial charge in [0, 0.05) is 12.8 Å². The third-order valence-corrected chi connectivity index (χ3v) is 2.26. The van der Waals surface area contributed by atoms with Crippen molar-refractivity contribution in [1.82, 2.24) is 0 Å². The number of aliphatic carboxylic acids is 1. The van der Waals surface area contributed by atoms with Crippen LogP contribution in [0.5, 0.6) is 0 Å². The Labute approximate surface area is 84.3 Å². The monoisotopic (exact) mass is 202 g/mol. The molecular formula is C10H18O4. The summed E-state index contributed by atoms with van der Waals surface area (Å²) in [6.07, 6.45) is 0.392. The Balaban J connectivity index is 3.87. The van der Waals surface area contributed by atoms with Gasteiger partial charge in [-0.15, -0.1) is 0 Å². The van der Waals surface area contributed by atoms with E-state index in [-0.39, 0.29) is 24.2 Å². The first-order chi connectivity index (χ1) is 6.47. The van der Waals surface area contributed by atoms with E-state index in [2.05, 4.69) is 0 Å². The predicted octanol–water partition coefficient (Wildman–Crippen LogP) is 1.69. The molecule has 0 aliphatic rings. The fourth-order valence-corrected chi connectivity index (χ4v) is 1.16. The van der Waals surface area contributed by atoms with E-state index in [9.17, 15) is 9.59 Å². The SMILES string of the molecule is CCOC(=O)CC(C)C(C)CC(=O)O. The minimum Gasteiger partial charge on any atom is -0.481 e. The molecule has 0 bridgehead atoms. The Morgan fingerprint density at radius 3 is 2.14 bits per heavy atom. The number of ether oxygens (including phenoxy) is 1. The fraction of sp³-hybridized carbons (Fsp3) is 0.800. The molecule has 2 atom stereocenters. The molecule has 0 heterocycles. The highest BCUT2D eigenvalue weighted by molar-refractivity contribution is 5.70. The van der Waals surface area contributed by atoms with Gasteiger partial charge in [-0.25, -0.2) is 0 Å². The van der Waals surface area contributed by atoms with Crippen molar-refractivity contribution in [1.29, 1.82) is 0 Å². The van der Waals surface area contributed by atoms with E-state index in [1.807, 2.05) is 13.8 Å². The van der Waals surface area contributed by atoms with E-state index < -0.39 is 5.97 Å². The van der Waals surface area contributed by atoms with Crippen LogP contribution in [0.1, 0.15) is 33.6 Å². The summed E-state index contributed by atoms with van der Waals surface area (Å²) in [4.78, 5) is 21.5. The molecule has 0 aromatic heterocycles. The summed E-state index contributed by atoms with van der Waals surface area (Å²) < 4.78 is 4.78. The van der Waals surface area contributed by atoms with E-state index in [4.69, 9.17) is 9.84 Å². The van der Waals surface area contributed by atoms with Crippen LogP contribution < -0.4 is 0 Å². The molecule has 2 unspecified atom stereocenters. The Bertz CT molecular complexity index is 200. The van der Waals surface area contributed by atoms with Crippen molar-refractivity contribution < 1.29 is 19.4 Å². The number of carboxylic acid groups (broad SMARTS) is 1. The van der Waals surface area contributed by atoms with Crippen LogP contribution in [0.3, 0.4) is 0 Å². The molecule has 4 heteroatoms. The summed E-state index contributed by atoms with van der Waals surface area (Å²) in [7, 11) is 0. The van der Waals surface area contributed by atoms with Crippen molar-refractivity contribution in [2.45, 2.75) is 33.6 Å². The van der Waals surface area contributed by atoms with Crippen LogP contribution in [0.4, 0.5) is 0 Å². The molecule has 14 heavy (non-hydrogen) atoms. The van der Waals surface area contributed by atoms with E-state index in [1.165, 1.54) is 0 Å². The Kier molecular flexibility index (Phi) is 5.92. The maximum atomic E-state index is 11.1. The normalized spacial score (nSPS) is 14.5. The van der Waals surface area contributed by atoms with Crippen molar-refractivity contribution in [2.75, 3.05) is 6.61 Å². The summed E-state index contributed by atoms with van der Waals surface area (Å²) >= 11 is 0. The first kappa shape index (κ1) is 12.9. The Morgan fingerprint density at radius 1 is 1.21 bits per heavy atom. The number of carbonyl (C=O) groups is 2. The quantitative estimate of drug-likeness (QED) is 0.666. The van der Waals surface area contributed by atoms with Gasteiger partial charge in [-0.05, 0) is 18.8 Å². The predicted molar refractivity (Wildman–Crippen MR) is 51.8 cm³/mol. The lowest BCUT2D eigenvalue weighted by molar-refractivity contribution is -0.145. The van der Waals surface area contributed by atoms with Crippen LogP contribution in [0, 0.1) is 11.8 Å². The van der Waals surface area contributed by atoms with Gasteiger partial charge in [0.05, 0.1) is 6.61 Å². The van der Waals surface area contributed by atoms with Crippen LogP contribution in [0.15, 0.2) is 0 Å². The zero-order chi connectivity index (χ0) is 11.1. The van der Waals surface area contributed by atoms with E-state index >= 15 is 0 Å². The van der Waals surface area contributed by atoms with Gasteiger partial charge in [-0.1, -0.05) is 13.8 Å². The molecule has 0 saturated heterocycles. The van der Waals surface area contributed by atoms with Gasteiger partial charge < -0.3 is 9.84 Å². The minimum atomic E-state index is -0.826. The van der Waals surface area contributed by atoms with E-state index in [1.54, 1.807) is 6.92 Å². The van der Waals surface area contributed by atoms with Gasteiger partial charge in [0.2, 0.25) is 0 Å². The first-order valence-electron chi connectivity index (χ1n) is 4.84. The number of carboxylic acids is 1. The average molecular weight is 202 g/mol. The Hall–Kier alpha value is -1.06. The molecule has 0 aromatic carbocycles. The number of esters is 1. The standard InChI is InChI=1S/C10H18O4/c1-4-14-10(13)6-8(3)7(2)5-9(11)12/h7-8H,4-6H2,1-3H3,(H,11,12). The molecule has 1 N–H and O–H groups in total. The van der Waals surface area contributed by atoms with Crippen LogP contribution in [0.25, 0.3) is 0 Å². The van der Waals surface area contributed by atoms with E-state index in [0.29, 0.717) is 13.0 Å². The highest BCUT2D eigenvalue weighted by atomic mass is 16.5. The van der Waals surface area contributed by atoms with Crippen LogP contribution in [-0.2, 0) is 14.3 Å². The maximum Gasteiger partial charge on any atom is 0.306 e. The van der Waals surface area contributed by atoms with Crippen molar-refractivity contribution in [3.8, 4) is 0 Å². The maximum absolute atomic E-state index is 11.1. The largest absolute Gasteiger partial charge is 0.481 e. The molecule has 0 aliphatic carbocycles.